The molecule has 0 saturated carbocycles. The van der Waals surface area contributed by atoms with E-state index in [1.807, 2.05) is 0 Å². The Hall–Kier alpha value is -2.71. The Kier molecular flexibility index (Phi) is 6.70. The molecule has 0 aliphatic carbocycles. The molecular weight excluding hydrogens is 401 g/mol. The fourth-order valence-electron chi connectivity index (χ4n) is 2.32. The number of nitrogens with one attached hydrogen (secondary N) is 1. The molecule has 0 fully saturated rings. The highest BCUT2D eigenvalue weighted by Crippen LogP contribution is 2.37. The quantitative estimate of drug-likeness (QED) is 0.316. The normalized spacial score (nSPS) is 10.4. The van der Waals surface area contributed by atoms with E-state index in [-0.39, 0.29) is 29.7 Å². The summed E-state index contributed by atoms with van der Waals surface area (Å²) < 4.78 is 14.5. The molecule has 0 atom stereocenters. The van der Waals surface area contributed by atoms with Gasteiger partial charge in [0.05, 0.1) is 23.8 Å². The van der Waals surface area contributed by atoms with Crippen LogP contribution in [0.15, 0.2) is 17.7 Å². The first-order valence-corrected chi connectivity index (χ1v) is 8.51. The van der Waals surface area contributed by atoms with Crippen LogP contribution < -0.4 is 4.74 Å². The van der Waals surface area contributed by atoms with Crippen LogP contribution >= 0.6 is 23.2 Å². The molecule has 27 heavy (non-hydrogen) atoms. The van der Waals surface area contributed by atoms with E-state index in [1.165, 1.54) is 12.1 Å². The minimum atomic E-state index is -1.60. The number of H-pyrrole nitrogens is 1. The predicted octanol–water partition coefficient (Wildman–Crippen LogP) is 4.04. The van der Waals surface area contributed by atoms with Crippen molar-refractivity contribution in [2.45, 2.75) is 13.8 Å². The number of ether oxygens (including phenoxy) is 3. The molecule has 1 heterocycles. The highest BCUT2D eigenvalue weighted by molar-refractivity contribution is 6.39. The second-order valence-corrected chi connectivity index (χ2v) is 5.89. The number of halogens is 2. The summed E-state index contributed by atoms with van der Waals surface area (Å²) >= 11 is 12.2. The van der Waals surface area contributed by atoms with Crippen molar-refractivity contribution in [2.24, 2.45) is 0 Å². The fraction of sp³-hybridized carbons (Fsp3) is 0.235. The number of hydrogen-bond acceptors (Lipinski definition) is 6. The van der Waals surface area contributed by atoms with Crippen LogP contribution in [0, 0.1) is 0 Å². The van der Waals surface area contributed by atoms with Gasteiger partial charge in [-0.25, -0.2) is 14.4 Å². The molecule has 10 heteroatoms. The SMILES string of the molecule is CCOC(=O)C(=Cc1c(OC(=O)O)[nH]c2cc(Cl)cc(Cl)c12)C(=O)OCC. The van der Waals surface area contributed by atoms with Gasteiger partial charge in [-0.1, -0.05) is 23.2 Å². The van der Waals surface area contributed by atoms with Gasteiger partial charge in [-0.15, -0.1) is 0 Å². The molecule has 8 nitrogen and oxygen atoms in total. The summed E-state index contributed by atoms with van der Waals surface area (Å²) in [5, 5.41) is 9.72. The summed E-state index contributed by atoms with van der Waals surface area (Å²) in [7, 11) is 0. The second-order valence-electron chi connectivity index (χ2n) is 5.04. The van der Waals surface area contributed by atoms with E-state index < -0.39 is 23.7 Å². The molecule has 1 aromatic carbocycles. The highest BCUT2D eigenvalue weighted by atomic mass is 35.5. The summed E-state index contributed by atoms with van der Waals surface area (Å²) in [6.45, 7) is 3.20. The maximum Gasteiger partial charge on any atom is 0.512 e. The molecule has 0 bridgehead atoms. The van der Waals surface area contributed by atoms with E-state index in [0.29, 0.717) is 15.9 Å². The smallest absolute Gasteiger partial charge is 0.462 e. The van der Waals surface area contributed by atoms with Crippen LogP contribution in [0.5, 0.6) is 5.88 Å². The maximum absolute atomic E-state index is 12.2. The third-order valence-corrected chi connectivity index (χ3v) is 3.80. The summed E-state index contributed by atoms with van der Waals surface area (Å²) in [4.78, 5) is 38.1. The molecule has 2 N–H and O–H groups in total. The number of esters is 2. The Balaban J connectivity index is 2.74. The van der Waals surface area contributed by atoms with Crippen molar-refractivity contribution >= 4 is 58.3 Å². The first kappa shape index (κ1) is 20.6. The number of aromatic amines is 1. The summed E-state index contributed by atoms with van der Waals surface area (Å²) in [5.41, 5.74) is -0.0342. The van der Waals surface area contributed by atoms with Crippen molar-refractivity contribution in [3.63, 3.8) is 0 Å². The maximum atomic E-state index is 12.2. The molecule has 2 rings (SSSR count). The number of benzene rings is 1. The van der Waals surface area contributed by atoms with E-state index in [9.17, 15) is 14.4 Å². The molecule has 0 saturated heterocycles. The van der Waals surface area contributed by atoms with Crippen molar-refractivity contribution < 1.29 is 33.7 Å². The van der Waals surface area contributed by atoms with Crippen LogP contribution in [-0.4, -0.2) is 41.4 Å². The van der Waals surface area contributed by atoms with Crippen LogP contribution in [0.3, 0.4) is 0 Å². The Morgan fingerprint density at radius 2 is 1.70 bits per heavy atom. The molecule has 0 spiro atoms. The number of fused-ring (bicyclic) bond motifs is 1. The first-order chi connectivity index (χ1) is 12.8. The number of carboxylic acid groups (broad SMARTS) is 1. The van der Waals surface area contributed by atoms with Crippen molar-refractivity contribution in [3.05, 3.63) is 33.3 Å². The van der Waals surface area contributed by atoms with Gasteiger partial charge in [0, 0.05) is 16.0 Å². The number of carbonyl (C=O) groups is 3. The predicted molar refractivity (Wildman–Crippen MR) is 98.2 cm³/mol. The van der Waals surface area contributed by atoms with Crippen molar-refractivity contribution in [1.82, 2.24) is 4.98 Å². The van der Waals surface area contributed by atoms with Gasteiger partial charge in [-0.05, 0) is 32.1 Å². The summed E-state index contributed by atoms with van der Waals surface area (Å²) in [6.07, 6.45) is -0.500. The van der Waals surface area contributed by atoms with Gasteiger partial charge in [0.25, 0.3) is 0 Å². The average Bonchev–Trinajstić information content (AvgIpc) is 2.89. The molecule has 0 aliphatic heterocycles. The Bertz CT molecular complexity index is 913. The molecule has 0 unspecified atom stereocenters. The van der Waals surface area contributed by atoms with Gasteiger partial charge in [0.1, 0.15) is 5.57 Å². The standard InChI is InChI=1S/C17H15Cl2NO7/c1-3-25-15(21)10(16(22)26-4-2)7-9-13-11(19)5-8(18)6-12(13)20-14(9)27-17(23)24/h5-7,20H,3-4H2,1-2H3,(H,23,24). The van der Waals surface area contributed by atoms with Crippen LogP contribution in [-0.2, 0) is 19.1 Å². The van der Waals surface area contributed by atoms with E-state index in [4.69, 9.17) is 42.5 Å². The largest absolute Gasteiger partial charge is 0.512 e. The number of hydrogen-bond donors (Lipinski definition) is 2. The molecule has 1 aromatic heterocycles. The van der Waals surface area contributed by atoms with Crippen LogP contribution in [0.1, 0.15) is 19.4 Å². The number of aromatic nitrogens is 1. The van der Waals surface area contributed by atoms with E-state index in [0.717, 1.165) is 6.08 Å². The van der Waals surface area contributed by atoms with Gasteiger partial charge >= 0.3 is 18.1 Å². The third-order valence-electron chi connectivity index (χ3n) is 3.29. The first-order valence-electron chi connectivity index (χ1n) is 7.75. The molecular formula is C17H15Cl2NO7. The van der Waals surface area contributed by atoms with Crippen molar-refractivity contribution in [3.8, 4) is 5.88 Å². The number of carbonyl (C=O) groups excluding carboxylic acids is 2. The fourth-order valence-corrected chi connectivity index (χ4v) is 2.91. The minimum Gasteiger partial charge on any atom is -0.462 e. The van der Waals surface area contributed by atoms with Gasteiger partial charge < -0.3 is 24.3 Å². The molecule has 2 aromatic rings. The van der Waals surface area contributed by atoms with Crippen LogP contribution in [0.25, 0.3) is 17.0 Å². The Labute approximate surface area is 163 Å². The highest BCUT2D eigenvalue weighted by Gasteiger charge is 2.25. The van der Waals surface area contributed by atoms with Gasteiger partial charge in [0.2, 0.25) is 5.88 Å². The van der Waals surface area contributed by atoms with Gasteiger partial charge in [-0.3, -0.25) is 0 Å². The molecule has 0 aliphatic rings. The lowest BCUT2D eigenvalue weighted by atomic mass is 10.1. The zero-order valence-corrected chi connectivity index (χ0v) is 15.8. The zero-order valence-electron chi connectivity index (χ0n) is 14.3. The summed E-state index contributed by atoms with van der Waals surface area (Å²) in [6, 6.07) is 2.92. The zero-order chi connectivity index (χ0) is 20.1. The second kappa shape index (κ2) is 8.79. The lowest BCUT2D eigenvalue weighted by Gasteiger charge is -2.07. The Morgan fingerprint density at radius 3 is 2.22 bits per heavy atom. The number of rotatable bonds is 6. The third kappa shape index (κ3) is 4.72. The van der Waals surface area contributed by atoms with Gasteiger partial charge in [0.15, 0.2) is 0 Å². The molecule has 0 amide bonds. The van der Waals surface area contributed by atoms with Crippen LogP contribution in [0.2, 0.25) is 10.0 Å². The van der Waals surface area contributed by atoms with Crippen LogP contribution in [0.4, 0.5) is 4.79 Å². The van der Waals surface area contributed by atoms with Crippen molar-refractivity contribution in [1.29, 1.82) is 0 Å². The Morgan fingerprint density at radius 1 is 1.11 bits per heavy atom. The molecule has 0 radical (unpaired) electrons. The topological polar surface area (TPSA) is 115 Å². The van der Waals surface area contributed by atoms with Crippen molar-refractivity contribution in [2.75, 3.05) is 13.2 Å². The van der Waals surface area contributed by atoms with E-state index in [2.05, 4.69) is 4.98 Å². The average molecular weight is 416 g/mol. The lowest BCUT2D eigenvalue weighted by Crippen LogP contribution is -2.18. The van der Waals surface area contributed by atoms with Gasteiger partial charge in [-0.2, -0.15) is 0 Å². The lowest BCUT2D eigenvalue weighted by molar-refractivity contribution is -0.146. The monoisotopic (exact) mass is 415 g/mol. The van der Waals surface area contributed by atoms with E-state index >= 15 is 0 Å². The van der Waals surface area contributed by atoms with E-state index in [1.54, 1.807) is 13.8 Å². The minimum absolute atomic E-state index is 0.0261. The molecule has 144 valence electrons. The summed E-state index contributed by atoms with van der Waals surface area (Å²) in [5.74, 6) is -2.11.